The lowest BCUT2D eigenvalue weighted by Crippen LogP contribution is -2.20. The van der Waals surface area contributed by atoms with Gasteiger partial charge in [-0.2, -0.15) is 9.78 Å². The summed E-state index contributed by atoms with van der Waals surface area (Å²) < 4.78 is 21.0. The Labute approximate surface area is 190 Å². The molecular weight excluding hydrogens is 485 g/mol. The molecule has 156 valence electrons. The fraction of sp³-hybridized carbons (Fsp3) is 0.0870. The number of halogens is 3. The van der Waals surface area contributed by atoms with Gasteiger partial charge in [-0.15, -0.1) is 0 Å². The molecule has 0 saturated heterocycles. The van der Waals surface area contributed by atoms with E-state index in [1.807, 2.05) is 6.07 Å². The van der Waals surface area contributed by atoms with Crippen LogP contribution in [0.4, 0.5) is 4.39 Å². The quantitative estimate of drug-likeness (QED) is 0.329. The van der Waals surface area contributed by atoms with Crippen LogP contribution in [0.3, 0.4) is 0 Å². The number of fused-ring (bicyclic) bond motifs is 1. The van der Waals surface area contributed by atoms with Gasteiger partial charge >= 0.3 is 0 Å². The van der Waals surface area contributed by atoms with Gasteiger partial charge in [0.1, 0.15) is 24.0 Å². The van der Waals surface area contributed by atoms with Crippen LogP contribution in [0, 0.1) is 12.7 Å². The number of aromatic nitrogens is 2. The summed E-state index contributed by atoms with van der Waals surface area (Å²) in [6.45, 7) is 1.96. The lowest BCUT2D eigenvalue weighted by molar-refractivity contribution is 0.305. The summed E-state index contributed by atoms with van der Waals surface area (Å²) in [5.41, 5.74) is 1.73. The minimum atomic E-state index is -0.306. The maximum Gasteiger partial charge on any atom is 0.282 e. The number of rotatable bonds is 5. The smallest absolute Gasteiger partial charge is 0.282 e. The third-order valence-electron chi connectivity index (χ3n) is 4.56. The normalized spacial score (nSPS) is 11.4. The van der Waals surface area contributed by atoms with Crippen LogP contribution in [0.1, 0.15) is 17.0 Å². The predicted octanol–water partition coefficient (Wildman–Crippen LogP) is 5.72. The Morgan fingerprint density at radius 1 is 1.16 bits per heavy atom. The average Bonchev–Trinajstić information content (AvgIpc) is 2.75. The van der Waals surface area contributed by atoms with E-state index in [0.29, 0.717) is 33.1 Å². The van der Waals surface area contributed by atoms with Crippen LogP contribution in [0.5, 0.6) is 5.75 Å². The second-order valence-electron chi connectivity index (χ2n) is 6.78. The van der Waals surface area contributed by atoms with Crippen molar-refractivity contribution in [2.45, 2.75) is 13.5 Å². The van der Waals surface area contributed by atoms with Gasteiger partial charge in [-0.05, 0) is 61.0 Å². The minimum Gasteiger partial charge on any atom is -0.488 e. The Balaban J connectivity index is 1.67. The van der Waals surface area contributed by atoms with Gasteiger partial charge in [0.05, 0.1) is 17.1 Å². The molecule has 0 atom stereocenters. The number of aryl methyl sites for hydroxylation is 1. The molecule has 0 radical (unpaired) electrons. The van der Waals surface area contributed by atoms with Crippen molar-refractivity contribution >= 4 is 44.6 Å². The zero-order chi connectivity index (χ0) is 22.0. The molecule has 31 heavy (non-hydrogen) atoms. The highest BCUT2D eigenvalue weighted by atomic mass is 79.9. The van der Waals surface area contributed by atoms with Gasteiger partial charge in [-0.3, -0.25) is 4.79 Å². The van der Waals surface area contributed by atoms with Crippen molar-refractivity contribution in [1.29, 1.82) is 0 Å². The fourth-order valence-electron chi connectivity index (χ4n) is 3.01. The molecule has 0 saturated carbocycles. The lowest BCUT2D eigenvalue weighted by Gasteiger charge is -2.10. The van der Waals surface area contributed by atoms with Gasteiger partial charge in [0, 0.05) is 15.1 Å². The van der Waals surface area contributed by atoms with Crippen molar-refractivity contribution in [2.75, 3.05) is 0 Å². The number of ether oxygens (including phenoxy) is 1. The molecule has 4 rings (SSSR count). The zero-order valence-electron chi connectivity index (χ0n) is 16.3. The van der Waals surface area contributed by atoms with E-state index in [1.54, 1.807) is 49.4 Å². The Kier molecular flexibility index (Phi) is 6.15. The maximum absolute atomic E-state index is 13.1. The van der Waals surface area contributed by atoms with Gasteiger partial charge in [0.2, 0.25) is 0 Å². The highest BCUT2D eigenvalue weighted by Gasteiger charge is 2.09. The lowest BCUT2D eigenvalue weighted by atomic mass is 10.2. The molecule has 1 heterocycles. The van der Waals surface area contributed by atoms with Crippen LogP contribution in [0.15, 0.2) is 75.0 Å². The van der Waals surface area contributed by atoms with Crippen molar-refractivity contribution in [1.82, 2.24) is 9.66 Å². The van der Waals surface area contributed by atoms with Gasteiger partial charge in [-0.25, -0.2) is 9.37 Å². The Bertz CT molecular complexity index is 1350. The third-order valence-corrected chi connectivity index (χ3v) is 5.29. The molecule has 8 heteroatoms. The number of benzene rings is 3. The van der Waals surface area contributed by atoms with Gasteiger partial charge < -0.3 is 4.74 Å². The summed E-state index contributed by atoms with van der Waals surface area (Å²) in [6, 6.07) is 16.5. The molecule has 0 fully saturated rings. The van der Waals surface area contributed by atoms with Gasteiger partial charge in [-0.1, -0.05) is 39.7 Å². The molecule has 1 aromatic heterocycles. The van der Waals surface area contributed by atoms with E-state index in [2.05, 4.69) is 26.0 Å². The fourth-order valence-corrected chi connectivity index (χ4v) is 3.55. The molecule has 0 N–H and O–H groups in total. The highest BCUT2D eigenvalue weighted by Crippen LogP contribution is 2.23. The molecule has 0 aliphatic rings. The SMILES string of the molecule is Cc1nc2ccc(Br)cc2c(=O)n1N=Cc1cc(Cl)ccc1OCc1ccc(F)cc1. The second kappa shape index (κ2) is 8.99. The van der Waals surface area contributed by atoms with Crippen LogP contribution < -0.4 is 10.3 Å². The molecular formula is C23H16BrClFN3O2. The second-order valence-corrected chi connectivity index (χ2v) is 8.13. The number of hydrogen-bond acceptors (Lipinski definition) is 4. The number of nitrogens with zero attached hydrogens (tertiary/aromatic N) is 3. The van der Waals surface area contributed by atoms with E-state index in [4.69, 9.17) is 16.3 Å². The van der Waals surface area contributed by atoms with Crippen molar-refractivity contribution in [3.8, 4) is 5.75 Å². The standard InChI is InChI=1S/C23H16BrClFN3O2/c1-14-28-21-8-4-17(24)11-20(21)23(30)29(14)27-12-16-10-18(25)5-9-22(16)31-13-15-2-6-19(26)7-3-15/h2-12H,13H2,1H3. The van der Waals surface area contributed by atoms with Crippen LogP contribution >= 0.6 is 27.5 Å². The largest absolute Gasteiger partial charge is 0.488 e. The van der Waals surface area contributed by atoms with E-state index >= 15 is 0 Å². The van der Waals surface area contributed by atoms with E-state index in [1.165, 1.54) is 23.0 Å². The van der Waals surface area contributed by atoms with E-state index in [0.717, 1.165) is 10.0 Å². The first-order valence-electron chi connectivity index (χ1n) is 9.31. The molecule has 0 aliphatic heterocycles. The molecule has 0 amide bonds. The maximum atomic E-state index is 13.1. The molecule has 0 unspecified atom stereocenters. The Hall–Kier alpha value is -3.03. The van der Waals surface area contributed by atoms with Crippen LogP contribution in [0.25, 0.3) is 10.9 Å². The number of hydrogen-bond donors (Lipinski definition) is 0. The molecule has 0 aliphatic carbocycles. The van der Waals surface area contributed by atoms with Crippen molar-refractivity contribution < 1.29 is 9.13 Å². The topological polar surface area (TPSA) is 56.5 Å². The van der Waals surface area contributed by atoms with Crippen LogP contribution in [-0.4, -0.2) is 15.9 Å². The summed E-state index contributed by atoms with van der Waals surface area (Å²) in [5.74, 6) is 0.673. The molecule has 0 spiro atoms. The molecule has 0 bridgehead atoms. The predicted molar refractivity (Wildman–Crippen MR) is 124 cm³/mol. The first kappa shape index (κ1) is 21.2. The Morgan fingerprint density at radius 3 is 2.71 bits per heavy atom. The van der Waals surface area contributed by atoms with Crippen molar-refractivity contribution in [2.24, 2.45) is 5.10 Å². The zero-order valence-corrected chi connectivity index (χ0v) is 18.7. The average molecular weight is 501 g/mol. The first-order chi connectivity index (χ1) is 14.9. The monoisotopic (exact) mass is 499 g/mol. The van der Waals surface area contributed by atoms with E-state index < -0.39 is 0 Å². The van der Waals surface area contributed by atoms with Crippen molar-refractivity contribution in [3.05, 3.63) is 103 Å². The van der Waals surface area contributed by atoms with E-state index in [9.17, 15) is 9.18 Å². The van der Waals surface area contributed by atoms with Gasteiger partial charge in [0.15, 0.2) is 0 Å². The summed E-state index contributed by atoms with van der Waals surface area (Å²) >= 11 is 9.52. The highest BCUT2D eigenvalue weighted by molar-refractivity contribution is 9.10. The Morgan fingerprint density at radius 2 is 1.94 bits per heavy atom. The summed E-state index contributed by atoms with van der Waals surface area (Å²) in [6.07, 6.45) is 1.51. The van der Waals surface area contributed by atoms with Crippen LogP contribution in [-0.2, 0) is 6.61 Å². The van der Waals surface area contributed by atoms with Crippen LogP contribution in [0.2, 0.25) is 5.02 Å². The molecule has 5 nitrogen and oxygen atoms in total. The van der Waals surface area contributed by atoms with E-state index in [-0.39, 0.29) is 18.0 Å². The first-order valence-corrected chi connectivity index (χ1v) is 10.5. The minimum absolute atomic E-state index is 0.243. The van der Waals surface area contributed by atoms with Gasteiger partial charge in [0.25, 0.3) is 5.56 Å². The summed E-state index contributed by atoms with van der Waals surface area (Å²) in [5, 5.41) is 5.29. The summed E-state index contributed by atoms with van der Waals surface area (Å²) in [7, 11) is 0. The van der Waals surface area contributed by atoms with Crippen molar-refractivity contribution in [3.63, 3.8) is 0 Å². The molecule has 4 aromatic rings. The summed E-state index contributed by atoms with van der Waals surface area (Å²) in [4.78, 5) is 17.4. The third kappa shape index (κ3) is 4.84. The molecule has 3 aromatic carbocycles.